The first-order chi connectivity index (χ1) is 15.9. The lowest BCUT2D eigenvalue weighted by Crippen LogP contribution is -2.53. The first kappa shape index (κ1) is 23.3. The molecule has 1 aliphatic heterocycles. The van der Waals surface area contributed by atoms with Crippen LogP contribution >= 0.6 is 11.6 Å². The van der Waals surface area contributed by atoms with Gasteiger partial charge in [0.15, 0.2) is 0 Å². The predicted molar refractivity (Wildman–Crippen MR) is 131 cm³/mol. The van der Waals surface area contributed by atoms with E-state index in [1.807, 2.05) is 32.2 Å². The molecule has 1 aromatic carbocycles. The van der Waals surface area contributed by atoms with Crippen LogP contribution in [0.2, 0.25) is 5.02 Å². The Kier molecular flexibility index (Phi) is 6.83. The Morgan fingerprint density at radius 3 is 2.67 bits per heavy atom. The molecule has 5 rings (SSSR count). The van der Waals surface area contributed by atoms with E-state index < -0.39 is 5.79 Å². The molecule has 2 atom stereocenters. The number of aromatic nitrogens is 1. The topological polar surface area (TPSA) is 64.6 Å². The normalized spacial score (nSPS) is 32.2. The summed E-state index contributed by atoms with van der Waals surface area (Å²) in [7, 11) is 0. The van der Waals surface area contributed by atoms with Crippen LogP contribution in [0.25, 0.3) is 10.9 Å². The Morgan fingerprint density at radius 1 is 1.06 bits per heavy atom. The van der Waals surface area contributed by atoms with Crippen LogP contribution in [0.3, 0.4) is 0 Å². The molecule has 33 heavy (non-hydrogen) atoms. The number of hydrogen-bond donors (Lipinski definition) is 2. The van der Waals surface area contributed by atoms with Crippen LogP contribution in [0, 0.1) is 5.92 Å². The van der Waals surface area contributed by atoms with Gasteiger partial charge in [-0.2, -0.15) is 0 Å². The Morgan fingerprint density at radius 2 is 1.88 bits per heavy atom. The highest BCUT2D eigenvalue weighted by molar-refractivity contribution is 6.31. The lowest BCUT2D eigenvalue weighted by molar-refractivity contribution is -0.511. The zero-order valence-corrected chi connectivity index (χ0v) is 20.5. The number of anilines is 1. The first-order valence-electron chi connectivity index (χ1n) is 12.5. The number of hydrogen-bond acceptors (Lipinski definition) is 6. The molecule has 6 nitrogen and oxygen atoms in total. The fourth-order valence-corrected chi connectivity index (χ4v) is 5.60. The molecule has 3 fully saturated rings. The van der Waals surface area contributed by atoms with Gasteiger partial charge in [0.1, 0.15) is 5.60 Å². The third-order valence-corrected chi connectivity index (χ3v) is 7.71. The number of rotatable bonds is 5. The van der Waals surface area contributed by atoms with Crippen LogP contribution in [0.5, 0.6) is 0 Å². The molecule has 2 saturated carbocycles. The number of nitrogens with zero attached hydrogens (tertiary/aromatic N) is 1. The van der Waals surface area contributed by atoms with Crippen molar-refractivity contribution in [2.24, 2.45) is 5.92 Å². The fraction of sp³-hybridized carbons (Fsp3) is 0.654. The van der Waals surface area contributed by atoms with Gasteiger partial charge in [0.2, 0.25) is 5.79 Å². The Bertz CT molecular complexity index is 949. The standard InChI is InChI=1S/C26H36ClN3O3/c1-25(2)17-31-26(33-32-25)12-9-20(10-13-26)29-16-18-5-3-4-6-22(18)30-23-11-14-28-24-15-19(27)7-8-21(23)24/h7-8,11,14-15,18,20,22,29H,3-6,9-10,12-13,16-17H2,1-2H3,(H,28,30)/t18-,20?,22-,26?/m1/s1. The van der Waals surface area contributed by atoms with Gasteiger partial charge in [-0.25, -0.2) is 9.78 Å². The summed E-state index contributed by atoms with van der Waals surface area (Å²) in [6, 6.07) is 9.00. The highest BCUT2D eigenvalue weighted by atomic mass is 35.5. The van der Waals surface area contributed by atoms with E-state index in [4.69, 9.17) is 26.1 Å². The molecular weight excluding hydrogens is 438 g/mol. The summed E-state index contributed by atoms with van der Waals surface area (Å²) in [4.78, 5) is 15.8. The van der Waals surface area contributed by atoms with Crippen molar-refractivity contribution >= 4 is 28.2 Å². The highest BCUT2D eigenvalue weighted by Gasteiger charge is 2.45. The summed E-state index contributed by atoms with van der Waals surface area (Å²) in [6.07, 6.45) is 10.7. The zero-order valence-electron chi connectivity index (χ0n) is 19.7. The molecule has 2 heterocycles. The molecule has 1 aromatic heterocycles. The van der Waals surface area contributed by atoms with Crippen LogP contribution in [0.15, 0.2) is 30.5 Å². The molecular formula is C26H36ClN3O3. The number of benzene rings is 1. The third kappa shape index (κ3) is 5.46. The molecule has 1 saturated heterocycles. The van der Waals surface area contributed by atoms with Crippen molar-refractivity contribution in [3.8, 4) is 0 Å². The molecule has 2 aliphatic carbocycles. The largest absolute Gasteiger partial charge is 0.381 e. The van der Waals surface area contributed by atoms with E-state index >= 15 is 0 Å². The van der Waals surface area contributed by atoms with Crippen molar-refractivity contribution in [1.29, 1.82) is 0 Å². The number of ether oxygens (including phenoxy) is 1. The number of nitrogens with one attached hydrogen (secondary N) is 2. The van der Waals surface area contributed by atoms with E-state index in [0.29, 0.717) is 24.6 Å². The minimum atomic E-state index is -0.548. The molecule has 0 unspecified atom stereocenters. The maximum absolute atomic E-state index is 6.17. The van der Waals surface area contributed by atoms with E-state index in [0.717, 1.165) is 53.8 Å². The molecule has 7 heteroatoms. The average molecular weight is 474 g/mol. The average Bonchev–Trinajstić information content (AvgIpc) is 2.82. The fourth-order valence-electron chi connectivity index (χ4n) is 5.44. The van der Waals surface area contributed by atoms with Gasteiger partial charge in [0.25, 0.3) is 0 Å². The molecule has 2 aromatic rings. The summed E-state index contributed by atoms with van der Waals surface area (Å²) in [5.41, 5.74) is 1.73. The van der Waals surface area contributed by atoms with Gasteiger partial charge >= 0.3 is 0 Å². The van der Waals surface area contributed by atoms with Crippen LogP contribution in [-0.4, -0.2) is 41.6 Å². The monoisotopic (exact) mass is 473 g/mol. The van der Waals surface area contributed by atoms with E-state index in [9.17, 15) is 0 Å². The summed E-state index contributed by atoms with van der Waals surface area (Å²) < 4.78 is 6.09. The van der Waals surface area contributed by atoms with Crippen LogP contribution in [0.1, 0.15) is 65.2 Å². The second-order valence-electron chi connectivity index (χ2n) is 10.6. The van der Waals surface area contributed by atoms with Gasteiger partial charge in [-0.3, -0.25) is 4.98 Å². The van der Waals surface area contributed by atoms with E-state index in [1.54, 1.807) is 0 Å². The summed E-state index contributed by atoms with van der Waals surface area (Å²) in [5, 5.41) is 9.58. The van der Waals surface area contributed by atoms with Gasteiger partial charge in [-0.15, -0.1) is 0 Å². The third-order valence-electron chi connectivity index (χ3n) is 7.47. The lowest BCUT2D eigenvalue weighted by Gasteiger charge is -2.45. The van der Waals surface area contributed by atoms with Gasteiger partial charge < -0.3 is 15.4 Å². The highest BCUT2D eigenvalue weighted by Crippen LogP contribution is 2.38. The molecule has 3 aliphatic rings. The number of halogens is 1. The summed E-state index contributed by atoms with van der Waals surface area (Å²) >= 11 is 6.17. The van der Waals surface area contributed by atoms with E-state index in [-0.39, 0.29) is 5.60 Å². The smallest absolute Gasteiger partial charge is 0.201 e. The van der Waals surface area contributed by atoms with Crippen LogP contribution < -0.4 is 10.6 Å². The molecule has 180 valence electrons. The van der Waals surface area contributed by atoms with Gasteiger partial charge in [0, 0.05) is 53.8 Å². The summed E-state index contributed by atoms with van der Waals surface area (Å²) in [6.45, 7) is 5.60. The maximum Gasteiger partial charge on any atom is 0.201 e. The zero-order chi connectivity index (χ0) is 22.9. The molecule has 0 bridgehead atoms. The van der Waals surface area contributed by atoms with Crippen molar-refractivity contribution < 1.29 is 14.5 Å². The van der Waals surface area contributed by atoms with Gasteiger partial charge in [0.05, 0.1) is 12.1 Å². The first-order valence-corrected chi connectivity index (χ1v) is 12.8. The Balaban J connectivity index is 1.16. The van der Waals surface area contributed by atoms with Gasteiger partial charge in [-0.1, -0.05) is 24.4 Å². The minimum Gasteiger partial charge on any atom is -0.381 e. The van der Waals surface area contributed by atoms with Crippen LogP contribution in [0.4, 0.5) is 5.69 Å². The molecule has 0 radical (unpaired) electrons. The van der Waals surface area contributed by atoms with Crippen molar-refractivity contribution in [1.82, 2.24) is 10.3 Å². The quantitative estimate of drug-likeness (QED) is 0.531. The van der Waals surface area contributed by atoms with Crippen molar-refractivity contribution in [3.05, 3.63) is 35.5 Å². The molecule has 2 N–H and O–H groups in total. The second kappa shape index (κ2) is 9.67. The van der Waals surface area contributed by atoms with Crippen molar-refractivity contribution in [2.75, 3.05) is 18.5 Å². The van der Waals surface area contributed by atoms with E-state index in [1.165, 1.54) is 25.7 Å². The van der Waals surface area contributed by atoms with Gasteiger partial charge in [-0.05, 0) is 69.7 Å². The lowest BCUT2D eigenvalue weighted by atomic mass is 9.83. The Labute approximate surface area is 201 Å². The second-order valence-corrected chi connectivity index (χ2v) is 11.1. The minimum absolute atomic E-state index is 0.365. The van der Waals surface area contributed by atoms with Crippen molar-refractivity contribution in [3.63, 3.8) is 0 Å². The molecule has 0 amide bonds. The van der Waals surface area contributed by atoms with E-state index in [2.05, 4.69) is 27.8 Å². The number of pyridine rings is 1. The molecule has 1 spiro atoms. The predicted octanol–water partition coefficient (Wildman–Crippen LogP) is 5.84. The van der Waals surface area contributed by atoms with Crippen LogP contribution in [-0.2, 0) is 14.5 Å². The number of fused-ring (bicyclic) bond motifs is 1. The summed E-state index contributed by atoms with van der Waals surface area (Å²) in [5.74, 6) is 0.0601. The SMILES string of the molecule is CC1(C)COC2(CCC(NC[C@H]3CCCC[C@H]3Nc3ccnc4cc(Cl)ccc34)CC2)OO1. The Hall–Kier alpha value is -1.44. The van der Waals surface area contributed by atoms with Crippen molar-refractivity contribution in [2.45, 2.75) is 88.7 Å². The maximum atomic E-state index is 6.17.